The van der Waals surface area contributed by atoms with Gasteiger partial charge in [-0.3, -0.25) is 4.40 Å². The quantitative estimate of drug-likeness (QED) is 0.665. The molecule has 2 N–H and O–H groups in total. The van der Waals surface area contributed by atoms with Gasteiger partial charge >= 0.3 is 0 Å². The van der Waals surface area contributed by atoms with Gasteiger partial charge in [-0.05, 0) is 25.3 Å². The predicted molar refractivity (Wildman–Crippen MR) is 97.5 cm³/mol. The zero-order valence-electron chi connectivity index (χ0n) is 14.7. The highest BCUT2D eigenvalue weighted by Gasteiger charge is 2.34. The van der Waals surface area contributed by atoms with Crippen LogP contribution in [0.1, 0.15) is 31.0 Å². The standard InChI is InChI=1S/C16H21N7O3S/c24-27(25,22-5-7-26-8-6-22)21-12-2-1-11(9-12)16-20-19-14-10-18-15-13(23(14)16)3-4-17-15/h3-4,10-12,17,21H,1-2,5-9H2/t11-,12+/m1/s1. The Balaban J connectivity index is 1.37. The Kier molecular flexibility index (Phi) is 4.11. The summed E-state index contributed by atoms with van der Waals surface area (Å²) in [5.74, 6) is 1.02. The molecule has 1 aliphatic heterocycles. The van der Waals surface area contributed by atoms with Gasteiger partial charge in [0.05, 0.1) is 24.9 Å². The lowest BCUT2D eigenvalue weighted by Crippen LogP contribution is -2.49. The van der Waals surface area contributed by atoms with Crippen LogP contribution in [0.15, 0.2) is 18.5 Å². The third kappa shape index (κ3) is 3.00. The molecule has 1 aliphatic carbocycles. The second-order valence-electron chi connectivity index (χ2n) is 7.06. The zero-order valence-corrected chi connectivity index (χ0v) is 15.5. The third-order valence-electron chi connectivity index (χ3n) is 5.39. The molecule has 0 aromatic carbocycles. The number of hydrogen-bond acceptors (Lipinski definition) is 6. The van der Waals surface area contributed by atoms with Crippen LogP contribution in [0.2, 0.25) is 0 Å². The molecule has 0 radical (unpaired) electrons. The highest BCUT2D eigenvalue weighted by Crippen LogP contribution is 2.35. The molecule has 10 nitrogen and oxygen atoms in total. The van der Waals surface area contributed by atoms with Gasteiger partial charge in [0.2, 0.25) is 0 Å². The molecule has 27 heavy (non-hydrogen) atoms. The van der Waals surface area contributed by atoms with Crippen LogP contribution in [0.5, 0.6) is 0 Å². The maximum absolute atomic E-state index is 12.6. The lowest BCUT2D eigenvalue weighted by atomic mass is 10.1. The Bertz CT molecular complexity index is 1070. The molecule has 11 heteroatoms. The van der Waals surface area contributed by atoms with Crippen LogP contribution in [-0.2, 0) is 14.9 Å². The van der Waals surface area contributed by atoms with Gasteiger partial charge in [-0.2, -0.15) is 17.4 Å². The average Bonchev–Trinajstić information content (AvgIpc) is 3.40. The normalized spacial score (nSPS) is 24.9. The number of rotatable bonds is 4. The van der Waals surface area contributed by atoms with Crippen LogP contribution in [0, 0.1) is 0 Å². The van der Waals surface area contributed by atoms with Crippen molar-refractivity contribution < 1.29 is 13.2 Å². The molecule has 144 valence electrons. The fourth-order valence-corrected chi connectivity index (χ4v) is 5.47. The fraction of sp³-hybridized carbons (Fsp3) is 0.562. The van der Waals surface area contributed by atoms with Crippen molar-refractivity contribution in [2.45, 2.75) is 31.2 Å². The molecule has 0 amide bonds. The summed E-state index contributed by atoms with van der Waals surface area (Å²) in [5, 5.41) is 8.62. The minimum absolute atomic E-state index is 0.0984. The van der Waals surface area contributed by atoms with Crippen molar-refractivity contribution >= 4 is 27.0 Å². The summed E-state index contributed by atoms with van der Waals surface area (Å²) < 4.78 is 36.8. The van der Waals surface area contributed by atoms with Crippen LogP contribution >= 0.6 is 0 Å². The van der Waals surface area contributed by atoms with E-state index in [-0.39, 0.29) is 12.0 Å². The van der Waals surface area contributed by atoms with E-state index in [2.05, 4.69) is 24.9 Å². The molecular formula is C16H21N7O3S. The van der Waals surface area contributed by atoms with Crippen LogP contribution in [0.25, 0.3) is 16.8 Å². The zero-order chi connectivity index (χ0) is 18.4. The van der Waals surface area contributed by atoms with Gasteiger partial charge in [0.1, 0.15) is 5.82 Å². The van der Waals surface area contributed by atoms with Crippen molar-refractivity contribution in [1.82, 2.24) is 33.6 Å². The molecule has 2 fully saturated rings. The van der Waals surface area contributed by atoms with Gasteiger partial charge in [0, 0.05) is 31.2 Å². The maximum Gasteiger partial charge on any atom is 0.279 e. The number of H-pyrrole nitrogens is 1. The van der Waals surface area contributed by atoms with E-state index in [9.17, 15) is 8.42 Å². The summed E-state index contributed by atoms with van der Waals surface area (Å²) in [5.41, 5.74) is 2.42. The van der Waals surface area contributed by atoms with Crippen molar-refractivity contribution in [2.24, 2.45) is 0 Å². The lowest BCUT2D eigenvalue weighted by Gasteiger charge is -2.27. The molecular weight excluding hydrogens is 370 g/mol. The first-order valence-electron chi connectivity index (χ1n) is 9.14. The van der Waals surface area contributed by atoms with Crippen LogP contribution in [0.3, 0.4) is 0 Å². The summed E-state index contributed by atoms with van der Waals surface area (Å²) >= 11 is 0. The third-order valence-corrected chi connectivity index (χ3v) is 7.07. The van der Waals surface area contributed by atoms with Crippen molar-refractivity contribution in [2.75, 3.05) is 26.3 Å². The molecule has 5 rings (SSSR count). The van der Waals surface area contributed by atoms with Crippen molar-refractivity contribution in [1.29, 1.82) is 0 Å². The van der Waals surface area contributed by atoms with Gasteiger partial charge in [-0.15, -0.1) is 10.2 Å². The number of hydrogen-bond donors (Lipinski definition) is 2. The van der Waals surface area contributed by atoms with Crippen molar-refractivity contribution in [3.63, 3.8) is 0 Å². The van der Waals surface area contributed by atoms with Crippen LogP contribution < -0.4 is 4.72 Å². The molecule has 2 atom stereocenters. The predicted octanol–water partition coefficient (Wildman–Crippen LogP) is 0.408. The summed E-state index contributed by atoms with van der Waals surface area (Å²) in [6.45, 7) is 1.69. The number of aromatic amines is 1. The smallest absolute Gasteiger partial charge is 0.279 e. The number of nitrogens with zero attached hydrogens (tertiary/aromatic N) is 5. The molecule has 1 saturated carbocycles. The topological polar surface area (TPSA) is 118 Å². The Morgan fingerprint density at radius 3 is 2.93 bits per heavy atom. The van der Waals surface area contributed by atoms with Gasteiger partial charge in [-0.25, -0.2) is 4.98 Å². The fourth-order valence-electron chi connectivity index (χ4n) is 4.06. The summed E-state index contributed by atoms with van der Waals surface area (Å²) in [6, 6.07) is 1.86. The molecule has 3 aromatic rings. The molecule has 3 aromatic heterocycles. The molecule has 0 unspecified atom stereocenters. The van der Waals surface area contributed by atoms with Gasteiger partial charge in [0.25, 0.3) is 10.2 Å². The number of fused-ring (bicyclic) bond motifs is 3. The Hall–Kier alpha value is -2.08. The highest BCUT2D eigenvalue weighted by atomic mass is 32.2. The monoisotopic (exact) mass is 391 g/mol. The van der Waals surface area contributed by atoms with Crippen LogP contribution in [-0.4, -0.2) is 69.6 Å². The SMILES string of the molecule is O=S(=O)(N[C@H]1CC[C@@H](c2nnc3cnc4[nH]ccc4n23)C1)N1CCOCC1. The van der Waals surface area contributed by atoms with E-state index < -0.39 is 10.2 Å². The van der Waals surface area contributed by atoms with E-state index in [1.807, 2.05) is 16.7 Å². The van der Waals surface area contributed by atoms with E-state index >= 15 is 0 Å². The van der Waals surface area contributed by atoms with Crippen LogP contribution in [0.4, 0.5) is 0 Å². The van der Waals surface area contributed by atoms with Gasteiger partial charge < -0.3 is 9.72 Å². The second-order valence-corrected chi connectivity index (χ2v) is 8.76. The number of nitrogens with one attached hydrogen (secondary N) is 2. The van der Waals surface area contributed by atoms with E-state index in [1.165, 1.54) is 4.31 Å². The van der Waals surface area contributed by atoms with E-state index in [0.717, 1.165) is 29.8 Å². The van der Waals surface area contributed by atoms with E-state index in [1.54, 1.807) is 6.20 Å². The summed E-state index contributed by atoms with van der Waals surface area (Å²) in [7, 11) is -3.48. The van der Waals surface area contributed by atoms with Gasteiger partial charge in [-0.1, -0.05) is 0 Å². The highest BCUT2D eigenvalue weighted by molar-refractivity contribution is 7.87. The molecule has 0 bridgehead atoms. The first kappa shape index (κ1) is 17.0. The second kappa shape index (κ2) is 6.51. The maximum atomic E-state index is 12.6. The number of aromatic nitrogens is 5. The Morgan fingerprint density at radius 1 is 1.22 bits per heavy atom. The largest absolute Gasteiger partial charge is 0.379 e. The Morgan fingerprint density at radius 2 is 2.07 bits per heavy atom. The Labute approximate surface area is 156 Å². The van der Waals surface area contributed by atoms with Crippen molar-refractivity contribution in [3.8, 4) is 0 Å². The average molecular weight is 391 g/mol. The first-order valence-corrected chi connectivity index (χ1v) is 10.6. The van der Waals surface area contributed by atoms with Crippen molar-refractivity contribution in [3.05, 3.63) is 24.3 Å². The first-order chi connectivity index (χ1) is 13.1. The number of morpholine rings is 1. The molecule has 2 aliphatic rings. The van der Waals surface area contributed by atoms with E-state index in [0.29, 0.717) is 38.4 Å². The minimum Gasteiger partial charge on any atom is -0.379 e. The summed E-state index contributed by atoms with van der Waals surface area (Å²) in [4.78, 5) is 7.44. The summed E-state index contributed by atoms with van der Waals surface area (Å²) in [6.07, 6.45) is 5.89. The van der Waals surface area contributed by atoms with Gasteiger partial charge in [0.15, 0.2) is 11.3 Å². The minimum atomic E-state index is -3.48. The lowest BCUT2D eigenvalue weighted by molar-refractivity contribution is 0.0723. The molecule has 4 heterocycles. The molecule has 0 spiro atoms. The number of ether oxygens (including phenoxy) is 1. The van der Waals surface area contributed by atoms with E-state index in [4.69, 9.17) is 4.74 Å². The molecule has 1 saturated heterocycles.